The van der Waals surface area contributed by atoms with Crippen LogP contribution in [-0.2, 0) is 9.47 Å². The fraction of sp³-hybridized carbons (Fsp3) is 0.333. The maximum Gasteiger partial charge on any atom is 0.411 e. The summed E-state index contributed by atoms with van der Waals surface area (Å²) in [5.41, 5.74) is 0.511. The summed E-state index contributed by atoms with van der Waals surface area (Å²) in [4.78, 5) is 22.8. The summed E-state index contributed by atoms with van der Waals surface area (Å²) in [5.74, 6) is 0. The molecule has 6 nitrogen and oxygen atoms in total. The molecule has 0 heterocycles. The van der Waals surface area contributed by atoms with Crippen LogP contribution in [0.1, 0.15) is 13.8 Å². The zero-order valence-corrected chi connectivity index (χ0v) is 12.5. The number of halogens is 2. The number of ether oxygens (including phenoxy) is 2. The Labute approximate surface area is 126 Å². The van der Waals surface area contributed by atoms with E-state index >= 15 is 0 Å². The summed E-state index contributed by atoms with van der Waals surface area (Å²) >= 11 is 11.8. The van der Waals surface area contributed by atoms with E-state index < -0.39 is 12.2 Å². The van der Waals surface area contributed by atoms with Crippen LogP contribution < -0.4 is 10.6 Å². The number of rotatable bonds is 4. The van der Waals surface area contributed by atoms with E-state index in [4.69, 9.17) is 32.7 Å². The highest BCUT2D eigenvalue weighted by Gasteiger charge is 2.13. The van der Waals surface area contributed by atoms with Crippen LogP contribution in [0.2, 0.25) is 10.0 Å². The largest absolute Gasteiger partial charge is 0.450 e. The second kappa shape index (κ2) is 7.81. The van der Waals surface area contributed by atoms with Gasteiger partial charge in [-0.1, -0.05) is 23.2 Å². The van der Waals surface area contributed by atoms with Gasteiger partial charge in [0, 0.05) is 0 Å². The molecule has 2 amide bonds. The number of nitrogens with one attached hydrogen (secondary N) is 2. The maximum absolute atomic E-state index is 11.4. The third kappa shape index (κ3) is 4.79. The number of anilines is 2. The first kappa shape index (κ1) is 16.4. The van der Waals surface area contributed by atoms with Gasteiger partial charge < -0.3 is 9.47 Å². The van der Waals surface area contributed by atoms with Crippen molar-refractivity contribution in [3.63, 3.8) is 0 Å². The minimum Gasteiger partial charge on any atom is -0.450 e. The minimum absolute atomic E-state index is 0.216. The lowest BCUT2D eigenvalue weighted by atomic mass is 10.2. The van der Waals surface area contributed by atoms with Crippen molar-refractivity contribution >= 4 is 46.8 Å². The van der Waals surface area contributed by atoms with Gasteiger partial charge in [-0.3, -0.25) is 10.6 Å². The number of hydrogen-bond acceptors (Lipinski definition) is 4. The molecule has 0 bridgehead atoms. The molecule has 0 radical (unpaired) electrons. The van der Waals surface area contributed by atoms with Crippen LogP contribution in [0.25, 0.3) is 0 Å². The molecule has 8 heteroatoms. The van der Waals surface area contributed by atoms with Crippen molar-refractivity contribution in [1.29, 1.82) is 0 Å². The molecular weight excluding hydrogens is 307 g/mol. The predicted octanol–water partition coefficient (Wildman–Crippen LogP) is 4.13. The first-order valence-electron chi connectivity index (χ1n) is 5.84. The molecule has 0 spiro atoms. The third-order valence-corrected chi connectivity index (χ3v) is 2.81. The van der Waals surface area contributed by atoms with E-state index in [0.717, 1.165) is 0 Å². The van der Waals surface area contributed by atoms with Crippen LogP contribution in [-0.4, -0.2) is 25.4 Å². The van der Waals surface area contributed by atoms with Crippen molar-refractivity contribution in [2.24, 2.45) is 0 Å². The van der Waals surface area contributed by atoms with Gasteiger partial charge in [-0.15, -0.1) is 0 Å². The van der Waals surface area contributed by atoms with Crippen molar-refractivity contribution < 1.29 is 19.1 Å². The Morgan fingerprint density at radius 1 is 0.950 bits per heavy atom. The van der Waals surface area contributed by atoms with Crippen LogP contribution in [0.4, 0.5) is 21.0 Å². The van der Waals surface area contributed by atoms with Gasteiger partial charge >= 0.3 is 12.2 Å². The first-order valence-corrected chi connectivity index (χ1v) is 6.60. The molecule has 0 fully saturated rings. The Kier molecular flexibility index (Phi) is 6.41. The number of carbonyl (C=O) groups is 2. The van der Waals surface area contributed by atoms with E-state index in [-0.39, 0.29) is 34.6 Å². The summed E-state index contributed by atoms with van der Waals surface area (Å²) in [6, 6.07) is 2.81. The van der Waals surface area contributed by atoms with Crippen molar-refractivity contribution in [3.8, 4) is 0 Å². The molecule has 0 atom stereocenters. The lowest BCUT2D eigenvalue weighted by molar-refractivity contribution is 0.166. The molecule has 0 aliphatic heterocycles. The predicted molar refractivity (Wildman–Crippen MR) is 77.8 cm³/mol. The van der Waals surface area contributed by atoms with Crippen molar-refractivity contribution in [1.82, 2.24) is 0 Å². The Hall–Kier alpha value is -1.66. The van der Waals surface area contributed by atoms with Crippen LogP contribution in [0.5, 0.6) is 0 Å². The fourth-order valence-electron chi connectivity index (χ4n) is 1.31. The molecular formula is C12H14Cl2N2O4. The van der Waals surface area contributed by atoms with Gasteiger partial charge in [-0.25, -0.2) is 9.59 Å². The number of carbonyl (C=O) groups excluding carboxylic acids is 2. The molecule has 0 saturated heterocycles. The van der Waals surface area contributed by atoms with Gasteiger partial charge in [0.05, 0.1) is 34.6 Å². The minimum atomic E-state index is -0.669. The summed E-state index contributed by atoms with van der Waals surface area (Å²) in [7, 11) is 0. The lowest BCUT2D eigenvalue weighted by Crippen LogP contribution is -2.18. The van der Waals surface area contributed by atoms with E-state index in [0.29, 0.717) is 0 Å². The van der Waals surface area contributed by atoms with E-state index in [9.17, 15) is 9.59 Å². The van der Waals surface area contributed by atoms with Crippen LogP contribution >= 0.6 is 23.2 Å². The normalized spacial score (nSPS) is 9.80. The lowest BCUT2D eigenvalue weighted by Gasteiger charge is -2.13. The number of benzene rings is 1. The quantitative estimate of drug-likeness (QED) is 0.874. The molecule has 0 aromatic heterocycles. The summed E-state index contributed by atoms with van der Waals surface area (Å²) < 4.78 is 9.51. The van der Waals surface area contributed by atoms with Gasteiger partial charge in [0.2, 0.25) is 0 Å². The number of amides is 2. The Balaban J connectivity index is 2.98. The van der Waals surface area contributed by atoms with Crippen molar-refractivity contribution in [3.05, 3.63) is 22.2 Å². The zero-order valence-electron chi connectivity index (χ0n) is 11.0. The summed E-state index contributed by atoms with van der Waals surface area (Å²) in [6.07, 6.45) is -1.34. The molecule has 110 valence electrons. The van der Waals surface area contributed by atoms with Crippen LogP contribution in [0.15, 0.2) is 12.1 Å². The molecule has 0 unspecified atom stereocenters. The average molecular weight is 321 g/mol. The third-order valence-electron chi connectivity index (χ3n) is 2.08. The molecule has 0 aliphatic carbocycles. The SMILES string of the molecule is CCOC(=O)Nc1cc(Cl)c(Cl)cc1NC(=O)OCC. The van der Waals surface area contributed by atoms with Gasteiger partial charge in [-0.05, 0) is 26.0 Å². The molecule has 1 aromatic carbocycles. The molecule has 1 aromatic rings. The van der Waals surface area contributed by atoms with Crippen LogP contribution in [0, 0.1) is 0 Å². The van der Waals surface area contributed by atoms with Gasteiger partial charge in [0.1, 0.15) is 0 Å². The van der Waals surface area contributed by atoms with Gasteiger partial charge in [0.25, 0.3) is 0 Å². The van der Waals surface area contributed by atoms with E-state index in [1.54, 1.807) is 13.8 Å². The Morgan fingerprint density at radius 2 is 1.30 bits per heavy atom. The highest BCUT2D eigenvalue weighted by Crippen LogP contribution is 2.32. The monoisotopic (exact) mass is 320 g/mol. The second-order valence-corrected chi connectivity index (χ2v) is 4.32. The molecule has 2 N–H and O–H groups in total. The second-order valence-electron chi connectivity index (χ2n) is 3.50. The molecule has 20 heavy (non-hydrogen) atoms. The van der Waals surface area contributed by atoms with Crippen molar-refractivity contribution in [2.45, 2.75) is 13.8 Å². The highest BCUT2D eigenvalue weighted by molar-refractivity contribution is 6.42. The number of hydrogen-bond donors (Lipinski definition) is 2. The zero-order chi connectivity index (χ0) is 15.1. The topological polar surface area (TPSA) is 76.7 Å². The first-order chi connectivity index (χ1) is 9.47. The standard InChI is InChI=1S/C12H14Cl2N2O4/c1-3-19-11(17)15-9-5-7(13)8(14)6-10(9)16-12(18)20-4-2/h5-6H,3-4H2,1-2H3,(H,15,17)(H,16,18). The summed E-state index contributed by atoms with van der Waals surface area (Å²) in [6.45, 7) is 3.78. The van der Waals surface area contributed by atoms with E-state index in [2.05, 4.69) is 10.6 Å². The van der Waals surface area contributed by atoms with E-state index in [1.807, 2.05) is 0 Å². The van der Waals surface area contributed by atoms with Gasteiger partial charge in [-0.2, -0.15) is 0 Å². The van der Waals surface area contributed by atoms with Crippen LogP contribution in [0.3, 0.4) is 0 Å². The highest BCUT2D eigenvalue weighted by atomic mass is 35.5. The average Bonchev–Trinajstić information content (AvgIpc) is 2.36. The van der Waals surface area contributed by atoms with Crippen molar-refractivity contribution in [2.75, 3.05) is 23.8 Å². The Morgan fingerprint density at radius 3 is 1.60 bits per heavy atom. The summed E-state index contributed by atoms with van der Waals surface area (Å²) in [5, 5.41) is 5.36. The van der Waals surface area contributed by atoms with Gasteiger partial charge in [0.15, 0.2) is 0 Å². The molecule has 0 aliphatic rings. The van der Waals surface area contributed by atoms with E-state index in [1.165, 1.54) is 12.1 Å². The fourth-order valence-corrected chi connectivity index (χ4v) is 1.64. The molecule has 1 rings (SSSR count). The smallest absolute Gasteiger partial charge is 0.411 e. The molecule has 0 saturated carbocycles. The maximum atomic E-state index is 11.4. The Bertz CT molecular complexity index is 463.